The Morgan fingerprint density at radius 3 is 2.38 bits per heavy atom. The van der Waals surface area contributed by atoms with E-state index in [2.05, 4.69) is 26.9 Å². The van der Waals surface area contributed by atoms with E-state index in [4.69, 9.17) is 5.26 Å². The van der Waals surface area contributed by atoms with Crippen molar-refractivity contribution in [2.45, 2.75) is 0 Å². The molecule has 3 rings (SSSR count). The number of rotatable bonds is 4. The van der Waals surface area contributed by atoms with E-state index in [1.54, 1.807) is 30.3 Å². The molecule has 1 amide bonds. The molecule has 0 aliphatic heterocycles. The van der Waals surface area contributed by atoms with Crippen LogP contribution in [0.25, 0.3) is 0 Å². The molecule has 6 nitrogen and oxygen atoms in total. The van der Waals surface area contributed by atoms with Gasteiger partial charge in [0.05, 0.1) is 11.3 Å². The zero-order valence-electron chi connectivity index (χ0n) is 13.2. The molecule has 8 heteroatoms. The van der Waals surface area contributed by atoms with E-state index in [0.29, 0.717) is 17.1 Å². The SMILES string of the molecule is N#Cc1ccccc1Nc1ccc(NC(=O)c2ccc(F)c(F)c2)nn1. The molecule has 0 saturated heterocycles. The van der Waals surface area contributed by atoms with Gasteiger partial charge in [0.2, 0.25) is 0 Å². The van der Waals surface area contributed by atoms with Crippen LogP contribution in [0.2, 0.25) is 0 Å². The average Bonchev–Trinajstić information content (AvgIpc) is 2.66. The Hall–Kier alpha value is -3.86. The van der Waals surface area contributed by atoms with Gasteiger partial charge >= 0.3 is 0 Å². The number of nitriles is 1. The first-order valence-electron chi connectivity index (χ1n) is 7.43. The predicted octanol–water partition coefficient (Wildman–Crippen LogP) is 3.62. The maximum atomic E-state index is 13.2. The van der Waals surface area contributed by atoms with Gasteiger partial charge in [0.15, 0.2) is 23.3 Å². The van der Waals surface area contributed by atoms with Crippen LogP contribution in [-0.4, -0.2) is 16.1 Å². The van der Waals surface area contributed by atoms with E-state index < -0.39 is 17.5 Å². The molecule has 0 unspecified atom stereocenters. The van der Waals surface area contributed by atoms with E-state index in [1.807, 2.05) is 0 Å². The Bertz CT molecular complexity index is 999. The second-order valence-electron chi connectivity index (χ2n) is 5.17. The first-order valence-corrected chi connectivity index (χ1v) is 7.43. The summed E-state index contributed by atoms with van der Waals surface area (Å²) in [6.07, 6.45) is 0. The van der Waals surface area contributed by atoms with Gasteiger partial charge in [-0.2, -0.15) is 5.26 Å². The molecule has 0 aliphatic rings. The molecule has 3 aromatic rings. The number of hydrogen-bond acceptors (Lipinski definition) is 5. The highest BCUT2D eigenvalue weighted by Crippen LogP contribution is 2.19. The molecule has 0 bridgehead atoms. The molecular weight excluding hydrogens is 340 g/mol. The van der Waals surface area contributed by atoms with Gasteiger partial charge in [0.25, 0.3) is 5.91 Å². The second-order valence-corrected chi connectivity index (χ2v) is 5.17. The van der Waals surface area contributed by atoms with Gasteiger partial charge in [-0.05, 0) is 42.5 Å². The monoisotopic (exact) mass is 351 g/mol. The van der Waals surface area contributed by atoms with Crippen molar-refractivity contribution in [2.75, 3.05) is 10.6 Å². The zero-order chi connectivity index (χ0) is 18.5. The number of para-hydroxylation sites is 1. The summed E-state index contributed by atoms with van der Waals surface area (Å²) in [5.74, 6) is -2.28. The number of hydrogen-bond donors (Lipinski definition) is 2. The fourth-order valence-electron chi connectivity index (χ4n) is 2.12. The van der Waals surface area contributed by atoms with Crippen molar-refractivity contribution >= 4 is 23.2 Å². The van der Waals surface area contributed by atoms with E-state index >= 15 is 0 Å². The quantitative estimate of drug-likeness (QED) is 0.749. The lowest BCUT2D eigenvalue weighted by atomic mass is 10.2. The summed E-state index contributed by atoms with van der Waals surface area (Å²) in [6.45, 7) is 0. The minimum absolute atomic E-state index is 0.0455. The Labute approximate surface area is 147 Å². The second kappa shape index (κ2) is 7.36. The lowest BCUT2D eigenvalue weighted by Crippen LogP contribution is -2.14. The summed E-state index contributed by atoms with van der Waals surface area (Å²) in [5.41, 5.74) is 0.976. The number of aromatic nitrogens is 2. The maximum absolute atomic E-state index is 13.2. The Morgan fingerprint density at radius 1 is 0.962 bits per heavy atom. The van der Waals surface area contributed by atoms with Crippen LogP contribution in [0, 0.1) is 23.0 Å². The molecule has 26 heavy (non-hydrogen) atoms. The normalized spacial score (nSPS) is 10.0. The molecule has 0 spiro atoms. The third-order valence-corrected chi connectivity index (χ3v) is 3.40. The van der Waals surface area contributed by atoms with Gasteiger partial charge in [-0.25, -0.2) is 8.78 Å². The minimum Gasteiger partial charge on any atom is -0.338 e. The van der Waals surface area contributed by atoms with Crippen molar-refractivity contribution < 1.29 is 13.6 Å². The Balaban J connectivity index is 1.70. The Kier molecular flexibility index (Phi) is 4.80. The lowest BCUT2D eigenvalue weighted by Gasteiger charge is -2.08. The van der Waals surface area contributed by atoms with Gasteiger partial charge in [-0.1, -0.05) is 12.1 Å². The van der Waals surface area contributed by atoms with Crippen molar-refractivity contribution in [2.24, 2.45) is 0 Å². The fourth-order valence-corrected chi connectivity index (χ4v) is 2.12. The number of carbonyl (C=O) groups excluding carboxylic acids is 1. The number of carbonyl (C=O) groups is 1. The van der Waals surface area contributed by atoms with Crippen molar-refractivity contribution in [3.63, 3.8) is 0 Å². The van der Waals surface area contributed by atoms with E-state index in [-0.39, 0.29) is 11.4 Å². The summed E-state index contributed by atoms with van der Waals surface area (Å²) in [7, 11) is 0. The molecule has 1 heterocycles. The van der Waals surface area contributed by atoms with Gasteiger partial charge in [-0.15, -0.1) is 10.2 Å². The van der Waals surface area contributed by atoms with Crippen LogP contribution < -0.4 is 10.6 Å². The first-order chi connectivity index (χ1) is 12.6. The first kappa shape index (κ1) is 17.0. The highest BCUT2D eigenvalue weighted by Gasteiger charge is 2.11. The largest absolute Gasteiger partial charge is 0.338 e. The van der Waals surface area contributed by atoms with Crippen LogP contribution in [0.1, 0.15) is 15.9 Å². The molecule has 2 aromatic carbocycles. The van der Waals surface area contributed by atoms with Crippen LogP contribution in [-0.2, 0) is 0 Å². The lowest BCUT2D eigenvalue weighted by molar-refractivity contribution is 0.102. The predicted molar refractivity (Wildman–Crippen MR) is 90.8 cm³/mol. The molecule has 1 aromatic heterocycles. The number of amides is 1. The number of anilines is 3. The maximum Gasteiger partial charge on any atom is 0.256 e. The number of nitrogens with one attached hydrogen (secondary N) is 2. The molecule has 128 valence electrons. The third-order valence-electron chi connectivity index (χ3n) is 3.40. The molecule has 0 fully saturated rings. The van der Waals surface area contributed by atoms with E-state index in [1.165, 1.54) is 6.07 Å². The minimum atomic E-state index is -1.11. The third kappa shape index (κ3) is 3.79. The fraction of sp³-hybridized carbons (Fsp3) is 0. The van der Waals surface area contributed by atoms with Gasteiger partial charge in [0.1, 0.15) is 6.07 Å². The van der Waals surface area contributed by atoms with Crippen LogP contribution in [0.15, 0.2) is 54.6 Å². The summed E-state index contributed by atoms with van der Waals surface area (Å²) >= 11 is 0. The summed E-state index contributed by atoms with van der Waals surface area (Å²) in [4.78, 5) is 12.0. The zero-order valence-corrected chi connectivity index (χ0v) is 13.2. The van der Waals surface area contributed by atoms with Crippen molar-refractivity contribution in [1.29, 1.82) is 5.26 Å². The molecule has 0 saturated carbocycles. The number of halogens is 2. The van der Waals surface area contributed by atoms with E-state index in [0.717, 1.165) is 18.2 Å². The van der Waals surface area contributed by atoms with E-state index in [9.17, 15) is 13.6 Å². The van der Waals surface area contributed by atoms with Crippen LogP contribution in [0.5, 0.6) is 0 Å². The summed E-state index contributed by atoms with van der Waals surface area (Å²) < 4.78 is 26.1. The van der Waals surface area contributed by atoms with Crippen LogP contribution >= 0.6 is 0 Å². The van der Waals surface area contributed by atoms with Crippen molar-refractivity contribution in [1.82, 2.24) is 10.2 Å². The highest BCUT2D eigenvalue weighted by atomic mass is 19.2. The number of nitrogens with zero attached hydrogens (tertiary/aromatic N) is 3. The summed E-state index contributed by atoms with van der Waals surface area (Å²) in [6, 6.07) is 14.8. The van der Waals surface area contributed by atoms with Gasteiger partial charge in [-0.3, -0.25) is 4.79 Å². The van der Waals surface area contributed by atoms with Gasteiger partial charge in [0, 0.05) is 5.56 Å². The summed E-state index contributed by atoms with van der Waals surface area (Å²) in [5, 5.41) is 22.2. The smallest absolute Gasteiger partial charge is 0.256 e. The standard InChI is InChI=1S/C18H11F2N5O/c19-13-6-5-11(9-14(13)20)18(26)23-17-8-7-16(24-25-17)22-15-4-2-1-3-12(15)10-21/h1-9H,(H,22,24)(H,23,25,26). The molecular formula is C18H11F2N5O. The molecule has 0 aliphatic carbocycles. The topological polar surface area (TPSA) is 90.7 Å². The van der Waals surface area contributed by atoms with Gasteiger partial charge < -0.3 is 10.6 Å². The Morgan fingerprint density at radius 2 is 1.69 bits per heavy atom. The average molecular weight is 351 g/mol. The molecule has 0 radical (unpaired) electrons. The van der Waals surface area contributed by atoms with Crippen molar-refractivity contribution in [3.8, 4) is 6.07 Å². The van der Waals surface area contributed by atoms with Crippen LogP contribution in [0.4, 0.5) is 26.1 Å². The molecule has 0 atom stereocenters. The molecule has 2 N–H and O–H groups in total. The van der Waals surface area contributed by atoms with Crippen LogP contribution in [0.3, 0.4) is 0 Å². The highest BCUT2D eigenvalue weighted by molar-refractivity contribution is 6.03. The number of benzene rings is 2. The van der Waals surface area contributed by atoms with Crippen molar-refractivity contribution in [3.05, 3.63) is 77.4 Å².